The van der Waals surface area contributed by atoms with Gasteiger partial charge in [-0.15, -0.1) is 0 Å². The fourth-order valence-electron chi connectivity index (χ4n) is 5.53. The molecule has 0 aromatic rings. The standard InChI is InChI=1S/C21H28O3/c1-13-6-9-18-20(2,3)10-5-11-21(18,4)15(13)12-14-16(22)7-8-17(23)19(14)24/h6-8,15,18,24H,5,9-12H2,1-4H3/t15-,18-,21+/m0/s1. The van der Waals surface area contributed by atoms with Crippen molar-refractivity contribution in [1.82, 2.24) is 0 Å². The highest BCUT2D eigenvalue weighted by atomic mass is 16.3. The van der Waals surface area contributed by atoms with Crippen molar-refractivity contribution in [2.45, 2.75) is 59.8 Å². The van der Waals surface area contributed by atoms with Gasteiger partial charge in [0.05, 0.1) is 0 Å². The van der Waals surface area contributed by atoms with E-state index in [4.69, 9.17) is 0 Å². The summed E-state index contributed by atoms with van der Waals surface area (Å²) >= 11 is 0. The summed E-state index contributed by atoms with van der Waals surface area (Å²) in [5, 5.41) is 10.1. The number of hydrogen-bond acceptors (Lipinski definition) is 3. The number of hydrogen-bond donors (Lipinski definition) is 1. The zero-order chi connectivity index (χ0) is 17.7. The van der Waals surface area contributed by atoms with Crippen LogP contribution in [0.15, 0.2) is 35.1 Å². The van der Waals surface area contributed by atoms with Gasteiger partial charge in [-0.05, 0) is 67.4 Å². The molecule has 0 aromatic heterocycles. The number of ketones is 2. The molecule has 3 nitrogen and oxygen atoms in total. The first-order chi connectivity index (χ1) is 11.2. The van der Waals surface area contributed by atoms with Gasteiger partial charge in [-0.3, -0.25) is 9.59 Å². The molecule has 3 heteroatoms. The SMILES string of the molecule is CC1=CC[C@H]2C(C)(C)CCC[C@]2(C)[C@H]1CC1=C(O)C(=O)C=CC1=O. The van der Waals surface area contributed by atoms with Gasteiger partial charge in [0.2, 0.25) is 5.78 Å². The fraction of sp³-hybridized carbons (Fsp3) is 0.619. The molecule has 3 aliphatic carbocycles. The van der Waals surface area contributed by atoms with Gasteiger partial charge in [0.25, 0.3) is 0 Å². The lowest BCUT2D eigenvalue weighted by Gasteiger charge is -2.57. The van der Waals surface area contributed by atoms with E-state index in [0.29, 0.717) is 17.9 Å². The number of allylic oxidation sites excluding steroid dienone is 5. The molecule has 24 heavy (non-hydrogen) atoms. The van der Waals surface area contributed by atoms with Crippen molar-refractivity contribution in [2.24, 2.45) is 22.7 Å². The van der Waals surface area contributed by atoms with Crippen LogP contribution >= 0.6 is 0 Å². The maximum Gasteiger partial charge on any atom is 0.220 e. The highest BCUT2D eigenvalue weighted by Crippen LogP contribution is 2.60. The first kappa shape index (κ1) is 17.2. The van der Waals surface area contributed by atoms with Crippen LogP contribution in [0.4, 0.5) is 0 Å². The van der Waals surface area contributed by atoms with E-state index in [1.807, 2.05) is 0 Å². The van der Waals surface area contributed by atoms with Crippen molar-refractivity contribution in [3.8, 4) is 0 Å². The minimum absolute atomic E-state index is 0.109. The molecule has 0 aromatic carbocycles. The lowest BCUT2D eigenvalue weighted by atomic mass is 9.48. The lowest BCUT2D eigenvalue weighted by molar-refractivity contribution is -0.117. The van der Waals surface area contributed by atoms with Crippen LogP contribution in [-0.2, 0) is 9.59 Å². The topological polar surface area (TPSA) is 54.4 Å². The predicted molar refractivity (Wildman–Crippen MR) is 94.5 cm³/mol. The van der Waals surface area contributed by atoms with Gasteiger partial charge in [0, 0.05) is 5.57 Å². The molecule has 3 atom stereocenters. The second kappa shape index (κ2) is 5.72. The summed E-state index contributed by atoms with van der Waals surface area (Å²) < 4.78 is 0. The van der Waals surface area contributed by atoms with E-state index >= 15 is 0 Å². The summed E-state index contributed by atoms with van der Waals surface area (Å²) in [4.78, 5) is 24.0. The van der Waals surface area contributed by atoms with Crippen molar-refractivity contribution in [1.29, 1.82) is 0 Å². The first-order valence-electron chi connectivity index (χ1n) is 9.02. The third-order valence-corrected chi connectivity index (χ3v) is 6.91. The Labute approximate surface area is 144 Å². The Morgan fingerprint density at radius 1 is 1.12 bits per heavy atom. The number of carbonyl (C=O) groups is 2. The molecule has 130 valence electrons. The highest BCUT2D eigenvalue weighted by molar-refractivity contribution is 6.19. The Bertz CT molecular complexity index is 677. The van der Waals surface area contributed by atoms with Gasteiger partial charge in [0.1, 0.15) is 0 Å². The third kappa shape index (κ3) is 2.58. The maximum atomic E-state index is 12.2. The van der Waals surface area contributed by atoms with E-state index in [0.717, 1.165) is 12.8 Å². The number of fused-ring (bicyclic) bond motifs is 1. The van der Waals surface area contributed by atoms with Crippen molar-refractivity contribution in [3.63, 3.8) is 0 Å². The average Bonchev–Trinajstić information content (AvgIpc) is 2.49. The molecule has 0 aliphatic heterocycles. The molecule has 3 rings (SSSR count). The molecule has 1 N–H and O–H groups in total. The number of aliphatic hydroxyl groups is 1. The van der Waals surface area contributed by atoms with E-state index in [1.54, 1.807) is 0 Å². The number of rotatable bonds is 2. The Hall–Kier alpha value is -1.64. The lowest BCUT2D eigenvalue weighted by Crippen LogP contribution is -2.48. The van der Waals surface area contributed by atoms with Crippen molar-refractivity contribution >= 4 is 11.6 Å². The van der Waals surface area contributed by atoms with E-state index in [9.17, 15) is 14.7 Å². The van der Waals surface area contributed by atoms with Crippen LogP contribution in [0.3, 0.4) is 0 Å². The van der Waals surface area contributed by atoms with Crippen molar-refractivity contribution in [2.75, 3.05) is 0 Å². The molecule has 3 aliphatic rings. The van der Waals surface area contributed by atoms with Gasteiger partial charge in [-0.1, -0.05) is 38.8 Å². The smallest absolute Gasteiger partial charge is 0.220 e. The summed E-state index contributed by atoms with van der Waals surface area (Å²) in [7, 11) is 0. The molecular formula is C21H28O3. The molecule has 1 fully saturated rings. The van der Waals surface area contributed by atoms with E-state index in [1.165, 1.54) is 30.6 Å². The molecule has 0 heterocycles. The Morgan fingerprint density at radius 2 is 1.79 bits per heavy atom. The first-order valence-corrected chi connectivity index (χ1v) is 9.02. The Balaban J connectivity index is 1.99. The summed E-state index contributed by atoms with van der Waals surface area (Å²) in [6, 6.07) is 0. The van der Waals surface area contributed by atoms with Crippen molar-refractivity contribution in [3.05, 3.63) is 35.1 Å². The second-order valence-corrected chi connectivity index (χ2v) is 8.73. The quantitative estimate of drug-likeness (QED) is 0.591. The van der Waals surface area contributed by atoms with Gasteiger partial charge >= 0.3 is 0 Å². The minimum Gasteiger partial charge on any atom is -0.504 e. The van der Waals surface area contributed by atoms with Gasteiger partial charge < -0.3 is 5.11 Å². The van der Waals surface area contributed by atoms with Crippen LogP contribution in [0, 0.1) is 22.7 Å². The zero-order valence-corrected chi connectivity index (χ0v) is 15.2. The van der Waals surface area contributed by atoms with Crippen LogP contribution in [0.1, 0.15) is 59.8 Å². The van der Waals surface area contributed by atoms with Crippen LogP contribution < -0.4 is 0 Å². The Kier molecular flexibility index (Phi) is 4.09. The molecule has 0 spiro atoms. The highest BCUT2D eigenvalue weighted by Gasteiger charge is 2.52. The monoisotopic (exact) mass is 328 g/mol. The normalized spacial score (nSPS) is 35.8. The number of carbonyl (C=O) groups excluding carboxylic acids is 2. The Morgan fingerprint density at radius 3 is 2.50 bits per heavy atom. The van der Waals surface area contributed by atoms with E-state index in [2.05, 4.69) is 33.8 Å². The van der Waals surface area contributed by atoms with Crippen LogP contribution in [0.2, 0.25) is 0 Å². The molecule has 0 unspecified atom stereocenters. The predicted octanol–water partition coefficient (Wildman–Crippen LogP) is 4.70. The van der Waals surface area contributed by atoms with E-state index < -0.39 is 5.78 Å². The van der Waals surface area contributed by atoms with Crippen LogP contribution in [-0.4, -0.2) is 16.7 Å². The third-order valence-electron chi connectivity index (χ3n) is 6.91. The average molecular weight is 328 g/mol. The largest absolute Gasteiger partial charge is 0.504 e. The summed E-state index contributed by atoms with van der Waals surface area (Å²) in [5.41, 5.74) is 1.98. The second-order valence-electron chi connectivity index (χ2n) is 8.73. The molecular weight excluding hydrogens is 300 g/mol. The van der Waals surface area contributed by atoms with Crippen LogP contribution in [0.5, 0.6) is 0 Å². The van der Waals surface area contributed by atoms with Gasteiger partial charge in [-0.2, -0.15) is 0 Å². The minimum atomic E-state index is -0.451. The molecule has 0 radical (unpaired) electrons. The summed E-state index contributed by atoms with van der Waals surface area (Å²) in [6.45, 7) is 9.20. The number of aliphatic hydroxyl groups excluding tert-OH is 1. The summed E-state index contributed by atoms with van der Waals surface area (Å²) in [5.74, 6) is -0.249. The fourth-order valence-corrected chi connectivity index (χ4v) is 5.53. The van der Waals surface area contributed by atoms with Crippen LogP contribution in [0.25, 0.3) is 0 Å². The molecule has 0 bridgehead atoms. The van der Waals surface area contributed by atoms with Gasteiger partial charge in [-0.25, -0.2) is 0 Å². The van der Waals surface area contributed by atoms with E-state index in [-0.39, 0.29) is 28.3 Å². The van der Waals surface area contributed by atoms with Crippen molar-refractivity contribution < 1.29 is 14.7 Å². The molecule has 1 saturated carbocycles. The molecule has 0 saturated heterocycles. The summed E-state index contributed by atoms with van der Waals surface area (Å²) in [6.07, 6.45) is 9.90. The maximum absolute atomic E-state index is 12.2. The van der Waals surface area contributed by atoms with Gasteiger partial charge in [0.15, 0.2) is 11.5 Å². The molecule has 0 amide bonds. The zero-order valence-electron chi connectivity index (χ0n) is 15.2.